The normalized spacial score (nSPS) is 11.1. The smallest absolute Gasteiger partial charge is 0.264 e. The Hall–Kier alpha value is -3.04. The molecule has 0 aliphatic rings. The zero-order valence-electron chi connectivity index (χ0n) is 16.9. The number of para-hydroxylation sites is 1. The van der Waals surface area contributed by atoms with Crippen LogP contribution < -0.4 is 14.4 Å². The van der Waals surface area contributed by atoms with Crippen LogP contribution in [0.4, 0.5) is 15.8 Å². The molecule has 0 spiro atoms. The van der Waals surface area contributed by atoms with E-state index in [-0.39, 0.29) is 10.6 Å². The molecular weight excluding hydrogens is 439 g/mol. The molecule has 0 aliphatic heterocycles. The third-order valence-electron chi connectivity index (χ3n) is 4.41. The molecule has 31 heavy (non-hydrogen) atoms. The number of nitrogens with one attached hydrogen (secondary N) is 1. The number of hydrogen-bond donors (Lipinski definition) is 1. The topological polar surface area (TPSA) is 75.7 Å². The fourth-order valence-corrected chi connectivity index (χ4v) is 4.75. The summed E-state index contributed by atoms with van der Waals surface area (Å²) in [4.78, 5) is 13.6. The number of carbonyl (C=O) groups is 1. The summed E-state index contributed by atoms with van der Waals surface area (Å²) in [7, 11) is -2.77. The maximum absolute atomic E-state index is 14.5. The molecule has 162 valence electrons. The third-order valence-corrected chi connectivity index (χ3v) is 6.91. The second kappa shape index (κ2) is 9.84. The van der Waals surface area contributed by atoms with Crippen molar-refractivity contribution < 1.29 is 22.3 Å². The van der Waals surface area contributed by atoms with Gasteiger partial charge in [-0.25, -0.2) is 12.8 Å². The highest BCUT2D eigenvalue weighted by atomic mass is 32.2. The zero-order chi connectivity index (χ0) is 22.4. The number of anilines is 2. The van der Waals surface area contributed by atoms with Crippen LogP contribution in [0.1, 0.15) is 0 Å². The lowest BCUT2D eigenvalue weighted by atomic mass is 10.3. The highest BCUT2D eigenvalue weighted by molar-refractivity contribution is 7.98. The molecule has 3 aromatic rings. The minimum Gasteiger partial charge on any atom is -0.497 e. The predicted octanol–water partition coefficient (Wildman–Crippen LogP) is 4.39. The Morgan fingerprint density at radius 1 is 1.06 bits per heavy atom. The molecule has 9 heteroatoms. The number of nitrogens with zero attached hydrogens (tertiary/aromatic N) is 1. The maximum atomic E-state index is 14.5. The number of hydrogen-bond acceptors (Lipinski definition) is 5. The van der Waals surface area contributed by atoms with Crippen molar-refractivity contribution in [3.63, 3.8) is 0 Å². The Kier molecular flexibility index (Phi) is 7.19. The number of benzene rings is 3. The molecule has 0 aliphatic carbocycles. The summed E-state index contributed by atoms with van der Waals surface area (Å²) in [5.41, 5.74) is 0.304. The molecule has 6 nitrogen and oxygen atoms in total. The van der Waals surface area contributed by atoms with E-state index in [1.54, 1.807) is 18.2 Å². The van der Waals surface area contributed by atoms with E-state index in [9.17, 15) is 17.6 Å². The molecule has 1 amide bonds. The monoisotopic (exact) mass is 460 g/mol. The van der Waals surface area contributed by atoms with Crippen molar-refractivity contribution >= 4 is 39.1 Å². The number of carbonyl (C=O) groups excluding carboxylic acids is 1. The van der Waals surface area contributed by atoms with Crippen LogP contribution in [0.25, 0.3) is 0 Å². The van der Waals surface area contributed by atoms with Crippen molar-refractivity contribution in [2.75, 3.05) is 29.5 Å². The second-order valence-electron chi connectivity index (χ2n) is 6.42. The summed E-state index contributed by atoms with van der Waals surface area (Å²) in [6.07, 6.45) is 1.91. The van der Waals surface area contributed by atoms with Crippen LogP contribution in [0.5, 0.6) is 5.75 Å². The first-order chi connectivity index (χ1) is 14.8. The number of halogens is 1. The fraction of sp³-hybridized carbons (Fsp3) is 0.136. The average molecular weight is 461 g/mol. The molecule has 0 heterocycles. The van der Waals surface area contributed by atoms with E-state index in [0.717, 1.165) is 15.3 Å². The first kappa shape index (κ1) is 22.6. The van der Waals surface area contributed by atoms with Crippen LogP contribution in [-0.2, 0) is 14.8 Å². The van der Waals surface area contributed by atoms with Crippen LogP contribution in [-0.4, -0.2) is 34.2 Å². The number of ether oxygens (including phenoxy) is 1. The fourth-order valence-electron chi connectivity index (χ4n) is 2.86. The van der Waals surface area contributed by atoms with Gasteiger partial charge in [-0.2, -0.15) is 0 Å². The molecule has 3 aromatic carbocycles. The Labute approximate surface area is 185 Å². The minimum absolute atomic E-state index is 0.0891. The van der Waals surface area contributed by atoms with Crippen molar-refractivity contribution in [3.05, 3.63) is 78.6 Å². The van der Waals surface area contributed by atoms with Crippen LogP contribution in [0.15, 0.2) is 82.6 Å². The Morgan fingerprint density at radius 3 is 2.42 bits per heavy atom. The molecule has 0 saturated carbocycles. The summed E-state index contributed by atoms with van der Waals surface area (Å²) in [5, 5.41) is 2.68. The van der Waals surface area contributed by atoms with E-state index in [2.05, 4.69) is 5.32 Å². The largest absolute Gasteiger partial charge is 0.497 e. The molecule has 0 radical (unpaired) electrons. The number of sulfonamides is 1. The zero-order valence-corrected chi connectivity index (χ0v) is 18.5. The minimum atomic E-state index is -4.23. The Morgan fingerprint density at radius 2 is 1.77 bits per heavy atom. The second-order valence-corrected chi connectivity index (χ2v) is 9.16. The summed E-state index contributed by atoms with van der Waals surface area (Å²) >= 11 is 1.51. The van der Waals surface area contributed by atoms with Gasteiger partial charge < -0.3 is 10.1 Å². The van der Waals surface area contributed by atoms with E-state index >= 15 is 0 Å². The van der Waals surface area contributed by atoms with E-state index in [0.29, 0.717) is 11.4 Å². The van der Waals surface area contributed by atoms with Gasteiger partial charge in [-0.05, 0) is 60.9 Å². The number of thioether (sulfide) groups is 1. The lowest BCUT2D eigenvalue weighted by Gasteiger charge is -2.24. The summed E-state index contributed by atoms with van der Waals surface area (Å²) < 4.78 is 47.0. The van der Waals surface area contributed by atoms with Crippen LogP contribution >= 0.6 is 11.8 Å². The molecule has 0 fully saturated rings. The Balaban J connectivity index is 1.94. The lowest BCUT2D eigenvalue weighted by molar-refractivity contribution is -0.114. The van der Waals surface area contributed by atoms with Crippen LogP contribution in [0.3, 0.4) is 0 Å². The summed E-state index contributed by atoms with van der Waals surface area (Å²) in [6, 6.07) is 18.2. The van der Waals surface area contributed by atoms with E-state index in [1.165, 1.54) is 61.3 Å². The van der Waals surface area contributed by atoms with E-state index in [1.807, 2.05) is 12.3 Å². The van der Waals surface area contributed by atoms with Gasteiger partial charge >= 0.3 is 0 Å². The number of amides is 1. The Bertz CT molecular complexity index is 1170. The van der Waals surface area contributed by atoms with Gasteiger partial charge in [0.05, 0.1) is 17.7 Å². The molecule has 3 rings (SSSR count). The highest BCUT2D eigenvalue weighted by Gasteiger charge is 2.29. The average Bonchev–Trinajstić information content (AvgIpc) is 2.78. The third kappa shape index (κ3) is 5.36. The van der Waals surface area contributed by atoms with Crippen molar-refractivity contribution in [3.8, 4) is 5.75 Å². The highest BCUT2D eigenvalue weighted by Crippen LogP contribution is 2.27. The van der Waals surface area contributed by atoms with Crippen LogP contribution in [0, 0.1) is 5.82 Å². The molecule has 1 N–H and O–H groups in total. The lowest BCUT2D eigenvalue weighted by Crippen LogP contribution is -2.38. The number of rotatable bonds is 8. The SMILES string of the molecule is COc1ccc(S(=O)(=O)N(CC(=O)Nc2cccc(SC)c2)c2ccccc2F)cc1. The van der Waals surface area contributed by atoms with Crippen molar-refractivity contribution in [1.82, 2.24) is 0 Å². The molecule has 0 aromatic heterocycles. The van der Waals surface area contributed by atoms with Gasteiger partial charge in [-0.15, -0.1) is 11.8 Å². The predicted molar refractivity (Wildman–Crippen MR) is 121 cm³/mol. The van der Waals surface area contributed by atoms with Gasteiger partial charge in [-0.1, -0.05) is 18.2 Å². The standard InChI is InChI=1S/C22H21FN2O4S2/c1-29-17-10-12-19(13-11-17)31(27,28)25(21-9-4-3-8-20(21)23)15-22(26)24-16-6-5-7-18(14-16)30-2/h3-14H,15H2,1-2H3,(H,24,26). The number of methoxy groups -OCH3 is 1. The molecular formula is C22H21FN2O4S2. The van der Waals surface area contributed by atoms with Gasteiger partial charge in [0.2, 0.25) is 5.91 Å². The van der Waals surface area contributed by atoms with E-state index < -0.39 is 28.3 Å². The molecule has 0 atom stereocenters. The van der Waals surface area contributed by atoms with Gasteiger partial charge in [0, 0.05) is 10.6 Å². The summed E-state index contributed by atoms with van der Waals surface area (Å²) in [6.45, 7) is -0.598. The first-order valence-electron chi connectivity index (χ1n) is 9.20. The van der Waals surface area contributed by atoms with Gasteiger partial charge in [-0.3, -0.25) is 9.10 Å². The van der Waals surface area contributed by atoms with Gasteiger partial charge in [0.25, 0.3) is 10.0 Å². The molecule has 0 bridgehead atoms. The van der Waals surface area contributed by atoms with Gasteiger partial charge in [0.15, 0.2) is 0 Å². The maximum Gasteiger partial charge on any atom is 0.264 e. The molecule has 0 saturated heterocycles. The van der Waals surface area contributed by atoms with Crippen molar-refractivity contribution in [2.24, 2.45) is 0 Å². The van der Waals surface area contributed by atoms with Crippen LogP contribution in [0.2, 0.25) is 0 Å². The van der Waals surface area contributed by atoms with Crippen molar-refractivity contribution in [2.45, 2.75) is 9.79 Å². The van der Waals surface area contributed by atoms with Crippen molar-refractivity contribution in [1.29, 1.82) is 0 Å². The van der Waals surface area contributed by atoms with Gasteiger partial charge in [0.1, 0.15) is 18.1 Å². The first-order valence-corrected chi connectivity index (χ1v) is 11.9. The molecule has 0 unspecified atom stereocenters. The summed E-state index contributed by atoms with van der Waals surface area (Å²) in [5.74, 6) is -0.877. The quantitative estimate of drug-likeness (QED) is 0.505. The van der Waals surface area contributed by atoms with E-state index in [4.69, 9.17) is 4.74 Å².